The van der Waals surface area contributed by atoms with Crippen LogP contribution in [0.2, 0.25) is 0 Å². The number of halogens is 2. The summed E-state index contributed by atoms with van der Waals surface area (Å²) in [7, 11) is 0. The Bertz CT molecular complexity index is 530. The number of anilines is 2. The van der Waals surface area contributed by atoms with E-state index in [1.165, 1.54) is 12.5 Å². The Hall–Kier alpha value is -1.27. The Morgan fingerprint density at radius 3 is 2.71 bits per heavy atom. The van der Waals surface area contributed by atoms with Crippen molar-refractivity contribution in [1.82, 2.24) is 0 Å². The third-order valence-corrected chi connectivity index (χ3v) is 3.19. The number of furan rings is 1. The van der Waals surface area contributed by atoms with Crippen LogP contribution in [0.25, 0.3) is 0 Å². The van der Waals surface area contributed by atoms with Crippen molar-refractivity contribution in [3.63, 3.8) is 0 Å². The number of hydrogen-bond acceptors (Lipinski definition) is 3. The van der Waals surface area contributed by atoms with E-state index in [0.29, 0.717) is 21.4 Å². The van der Waals surface area contributed by atoms with Gasteiger partial charge < -0.3 is 15.5 Å². The van der Waals surface area contributed by atoms with Gasteiger partial charge in [0.15, 0.2) is 0 Å². The van der Waals surface area contributed by atoms with E-state index in [-0.39, 0.29) is 5.91 Å². The number of hydrogen-bond donors (Lipinski definition) is 2. The van der Waals surface area contributed by atoms with Crippen molar-refractivity contribution in [1.29, 1.82) is 0 Å². The van der Waals surface area contributed by atoms with Gasteiger partial charge in [0.1, 0.15) is 6.26 Å². The number of carbonyl (C=O) groups is 1. The summed E-state index contributed by atoms with van der Waals surface area (Å²) >= 11 is 6.66. The van der Waals surface area contributed by atoms with E-state index in [1.807, 2.05) is 0 Å². The summed E-state index contributed by atoms with van der Waals surface area (Å²) in [6.07, 6.45) is 2.81. The molecular formula is C11H8Br2N2O2. The Morgan fingerprint density at radius 1 is 1.35 bits per heavy atom. The van der Waals surface area contributed by atoms with Crippen LogP contribution >= 0.6 is 31.9 Å². The summed E-state index contributed by atoms with van der Waals surface area (Å²) in [5.74, 6) is -0.270. The van der Waals surface area contributed by atoms with E-state index in [2.05, 4.69) is 37.2 Å². The second kappa shape index (κ2) is 4.93. The molecule has 0 bridgehead atoms. The molecule has 6 heteroatoms. The highest BCUT2D eigenvalue weighted by molar-refractivity contribution is 9.11. The molecule has 0 saturated carbocycles. The quantitative estimate of drug-likeness (QED) is 0.804. The third-order valence-electron chi connectivity index (χ3n) is 2.11. The molecule has 2 rings (SSSR count). The average Bonchev–Trinajstić information content (AvgIpc) is 2.76. The van der Waals surface area contributed by atoms with E-state index in [0.717, 1.165) is 4.47 Å². The second-order valence-electron chi connectivity index (χ2n) is 3.32. The van der Waals surface area contributed by atoms with Gasteiger partial charge in [0.25, 0.3) is 5.91 Å². The fourth-order valence-electron chi connectivity index (χ4n) is 1.30. The predicted octanol–water partition coefficient (Wildman–Crippen LogP) is 3.64. The fourth-order valence-corrected chi connectivity index (χ4v) is 2.66. The van der Waals surface area contributed by atoms with Crippen LogP contribution < -0.4 is 11.1 Å². The molecular weight excluding hydrogens is 352 g/mol. The first-order valence-corrected chi connectivity index (χ1v) is 6.24. The van der Waals surface area contributed by atoms with Gasteiger partial charge in [-0.3, -0.25) is 4.79 Å². The van der Waals surface area contributed by atoms with Crippen molar-refractivity contribution in [2.24, 2.45) is 0 Å². The maximum absolute atomic E-state index is 11.8. The first-order valence-electron chi connectivity index (χ1n) is 4.66. The maximum Gasteiger partial charge on any atom is 0.259 e. The Morgan fingerprint density at radius 2 is 2.12 bits per heavy atom. The van der Waals surface area contributed by atoms with Gasteiger partial charge in [-0.25, -0.2) is 0 Å². The van der Waals surface area contributed by atoms with Gasteiger partial charge in [-0.1, -0.05) is 15.9 Å². The lowest BCUT2D eigenvalue weighted by Gasteiger charge is -2.10. The molecule has 0 fully saturated rings. The van der Waals surface area contributed by atoms with E-state index < -0.39 is 0 Å². The minimum Gasteiger partial charge on any atom is -0.472 e. The second-order valence-corrected chi connectivity index (χ2v) is 5.09. The maximum atomic E-state index is 11.8. The first kappa shape index (κ1) is 12.2. The van der Waals surface area contributed by atoms with Crippen LogP contribution in [0.5, 0.6) is 0 Å². The van der Waals surface area contributed by atoms with Gasteiger partial charge >= 0.3 is 0 Å². The molecule has 1 amide bonds. The summed E-state index contributed by atoms with van der Waals surface area (Å²) in [6, 6.07) is 5.11. The number of rotatable bonds is 2. The topological polar surface area (TPSA) is 68.3 Å². The summed E-state index contributed by atoms with van der Waals surface area (Å²) in [5, 5.41) is 2.72. The van der Waals surface area contributed by atoms with Gasteiger partial charge in [0, 0.05) is 8.95 Å². The smallest absolute Gasteiger partial charge is 0.259 e. The molecule has 0 saturated heterocycles. The Balaban J connectivity index is 2.28. The number of carbonyl (C=O) groups excluding carboxylic acids is 1. The van der Waals surface area contributed by atoms with E-state index in [4.69, 9.17) is 10.2 Å². The Kier molecular flexibility index (Phi) is 3.54. The molecule has 1 aromatic carbocycles. The highest BCUT2D eigenvalue weighted by atomic mass is 79.9. The first-order chi connectivity index (χ1) is 8.08. The van der Waals surface area contributed by atoms with Crippen LogP contribution in [0.3, 0.4) is 0 Å². The lowest BCUT2D eigenvalue weighted by Crippen LogP contribution is -2.12. The molecule has 1 aromatic heterocycles. The normalized spacial score (nSPS) is 10.2. The molecule has 4 nitrogen and oxygen atoms in total. The van der Waals surface area contributed by atoms with Crippen LogP contribution in [-0.4, -0.2) is 5.91 Å². The van der Waals surface area contributed by atoms with Gasteiger partial charge in [-0.2, -0.15) is 0 Å². The number of nitrogens with one attached hydrogen (secondary N) is 1. The average molecular weight is 360 g/mol. The van der Waals surface area contributed by atoms with Crippen LogP contribution in [0, 0.1) is 0 Å². The van der Waals surface area contributed by atoms with E-state index >= 15 is 0 Å². The molecule has 2 aromatic rings. The molecule has 0 aliphatic rings. The van der Waals surface area contributed by atoms with Crippen LogP contribution in [-0.2, 0) is 0 Å². The van der Waals surface area contributed by atoms with Crippen LogP contribution in [0.4, 0.5) is 11.4 Å². The highest BCUT2D eigenvalue weighted by Crippen LogP contribution is 2.32. The van der Waals surface area contributed by atoms with Gasteiger partial charge in [-0.05, 0) is 34.1 Å². The fraction of sp³-hybridized carbons (Fsp3) is 0. The molecule has 0 spiro atoms. The zero-order valence-electron chi connectivity index (χ0n) is 8.54. The van der Waals surface area contributed by atoms with Crippen molar-refractivity contribution in [2.75, 3.05) is 11.1 Å². The van der Waals surface area contributed by atoms with Crippen LogP contribution in [0.1, 0.15) is 10.4 Å². The summed E-state index contributed by atoms with van der Waals surface area (Å²) in [5.41, 5.74) is 7.29. The third kappa shape index (κ3) is 2.70. The lowest BCUT2D eigenvalue weighted by molar-refractivity contribution is 0.102. The molecule has 1 heterocycles. The van der Waals surface area contributed by atoms with E-state index in [9.17, 15) is 4.79 Å². The van der Waals surface area contributed by atoms with Gasteiger partial charge in [-0.15, -0.1) is 0 Å². The SMILES string of the molecule is Nc1cc(Br)cc(Br)c1NC(=O)c1ccoc1. The van der Waals surface area contributed by atoms with Crippen molar-refractivity contribution in [3.8, 4) is 0 Å². The highest BCUT2D eigenvalue weighted by Gasteiger charge is 2.12. The molecule has 0 aliphatic heterocycles. The number of nitrogen functional groups attached to an aromatic ring is 1. The predicted molar refractivity (Wildman–Crippen MR) is 72.9 cm³/mol. The molecule has 17 heavy (non-hydrogen) atoms. The van der Waals surface area contributed by atoms with Gasteiger partial charge in [0.2, 0.25) is 0 Å². The number of amides is 1. The van der Waals surface area contributed by atoms with Gasteiger partial charge in [0.05, 0.1) is 23.2 Å². The van der Waals surface area contributed by atoms with Crippen molar-refractivity contribution < 1.29 is 9.21 Å². The lowest BCUT2D eigenvalue weighted by atomic mass is 10.2. The molecule has 3 N–H and O–H groups in total. The van der Waals surface area contributed by atoms with Crippen molar-refractivity contribution >= 4 is 49.1 Å². The molecule has 0 atom stereocenters. The number of benzene rings is 1. The largest absolute Gasteiger partial charge is 0.472 e. The minimum atomic E-state index is -0.270. The Labute approximate surface area is 114 Å². The molecule has 0 radical (unpaired) electrons. The van der Waals surface area contributed by atoms with Crippen LogP contribution in [0.15, 0.2) is 44.1 Å². The van der Waals surface area contributed by atoms with Crippen molar-refractivity contribution in [2.45, 2.75) is 0 Å². The summed E-state index contributed by atoms with van der Waals surface area (Å²) in [6.45, 7) is 0. The number of nitrogens with two attached hydrogens (primary N) is 1. The molecule has 0 aliphatic carbocycles. The summed E-state index contributed by atoms with van der Waals surface area (Å²) in [4.78, 5) is 11.8. The van der Waals surface area contributed by atoms with E-state index in [1.54, 1.807) is 18.2 Å². The minimum absolute atomic E-state index is 0.270. The zero-order valence-corrected chi connectivity index (χ0v) is 11.7. The molecule has 0 unspecified atom stereocenters. The monoisotopic (exact) mass is 358 g/mol. The standard InChI is InChI=1S/C11H8Br2N2O2/c12-7-3-8(13)10(9(14)4-7)15-11(16)6-1-2-17-5-6/h1-5H,14H2,(H,15,16). The molecule has 88 valence electrons. The summed E-state index contributed by atoms with van der Waals surface area (Å²) < 4.78 is 6.39. The zero-order chi connectivity index (χ0) is 12.4. The van der Waals surface area contributed by atoms with Crippen molar-refractivity contribution in [3.05, 3.63) is 45.2 Å².